The molecule has 0 aliphatic carbocycles. The highest BCUT2D eigenvalue weighted by Gasteiger charge is 2.14. The minimum atomic E-state index is 0.145. The number of ketones is 2. The third kappa shape index (κ3) is 17.8. The van der Waals surface area contributed by atoms with Crippen LogP contribution in [0.2, 0.25) is 0 Å². The van der Waals surface area contributed by atoms with Gasteiger partial charge in [-0.15, -0.1) is 10.2 Å². The largest absolute Gasteiger partial charge is 0.317 e. The van der Waals surface area contributed by atoms with Crippen molar-refractivity contribution >= 4 is 35.1 Å². The van der Waals surface area contributed by atoms with Crippen molar-refractivity contribution in [2.75, 3.05) is 50.3 Å². The average Bonchev–Trinajstić information content (AvgIpc) is 3.60. The Morgan fingerprint density at radius 1 is 0.810 bits per heavy atom. The Balaban J connectivity index is 0.000000420. The van der Waals surface area contributed by atoms with E-state index in [2.05, 4.69) is 41.3 Å². The van der Waals surface area contributed by atoms with E-state index < -0.39 is 0 Å². The molecule has 240 valence electrons. The monoisotopic (exact) mass is 634 g/mol. The van der Waals surface area contributed by atoms with Gasteiger partial charge in [0.2, 0.25) is 0 Å². The zero-order chi connectivity index (χ0) is 31.0. The molecule has 0 radical (unpaired) electrons. The van der Waals surface area contributed by atoms with Crippen molar-refractivity contribution in [3.63, 3.8) is 0 Å². The molecule has 0 bridgehead atoms. The lowest BCUT2D eigenvalue weighted by atomic mass is 10.0. The van der Waals surface area contributed by atoms with Gasteiger partial charge < -0.3 is 20.1 Å². The normalized spacial score (nSPS) is 12.5. The SMILES string of the molecule is CSCC(=O)Cc1cn(CC(CCNO)CCON)nn1.CSCC(=O)Cc1cn(CC(CCNO)CCON)nn1. The van der Waals surface area contributed by atoms with Crippen molar-refractivity contribution < 1.29 is 29.7 Å². The molecule has 0 aliphatic rings. The number of thioether (sulfide) groups is 2. The van der Waals surface area contributed by atoms with Crippen molar-refractivity contribution in [1.29, 1.82) is 0 Å². The number of rotatable bonds is 24. The molecule has 2 heterocycles. The van der Waals surface area contributed by atoms with Crippen LogP contribution in [0.5, 0.6) is 0 Å². The maximum atomic E-state index is 11.6. The highest BCUT2D eigenvalue weighted by atomic mass is 32.2. The highest BCUT2D eigenvalue weighted by Crippen LogP contribution is 2.13. The van der Waals surface area contributed by atoms with Gasteiger partial charge in [0.15, 0.2) is 0 Å². The number of nitrogens with one attached hydrogen (secondary N) is 2. The lowest BCUT2D eigenvalue weighted by Gasteiger charge is -2.15. The number of nitrogens with two attached hydrogens (primary N) is 2. The molecule has 0 saturated carbocycles. The lowest BCUT2D eigenvalue weighted by molar-refractivity contribution is -0.116. The first-order chi connectivity index (χ1) is 20.4. The number of carbonyl (C=O) groups excluding carboxylic acids is 2. The van der Waals surface area contributed by atoms with Crippen LogP contribution in [-0.2, 0) is 45.2 Å². The Kier molecular flexibility index (Phi) is 22.1. The summed E-state index contributed by atoms with van der Waals surface area (Å²) in [5.41, 5.74) is 5.65. The molecular formula is C24H46N10O6S2. The van der Waals surface area contributed by atoms with Crippen molar-refractivity contribution in [2.45, 2.75) is 51.6 Å². The first kappa shape index (κ1) is 38.0. The van der Waals surface area contributed by atoms with Gasteiger partial charge in [-0.1, -0.05) is 10.4 Å². The summed E-state index contributed by atoms with van der Waals surface area (Å²) in [6.45, 7) is 3.17. The van der Waals surface area contributed by atoms with E-state index >= 15 is 0 Å². The summed E-state index contributed by atoms with van der Waals surface area (Å²) in [6.07, 6.45) is 11.1. The van der Waals surface area contributed by atoms with Gasteiger partial charge >= 0.3 is 0 Å². The van der Waals surface area contributed by atoms with E-state index in [4.69, 9.17) is 22.2 Å². The van der Waals surface area contributed by atoms with Gasteiger partial charge in [0, 0.05) is 38.6 Å². The molecule has 0 aliphatic heterocycles. The van der Waals surface area contributed by atoms with E-state index in [1.807, 2.05) is 12.5 Å². The van der Waals surface area contributed by atoms with Gasteiger partial charge in [-0.3, -0.25) is 19.0 Å². The topological polar surface area (TPSA) is 231 Å². The van der Waals surface area contributed by atoms with Crippen LogP contribution < -0.4 is 22.8 Å². The molecule has 42 heavy (non-hydrogen) atoms. The van der Waals surface area contributed by atoms with E-state index in [1.165, 1.54) is 23.5 Å². The lowest BCUT2D eigenvalue weighted by Crippen LogP contribution is -2.20. The average molecular weight is 635 g/mol. The Labute approximate surface area is 254 Å². The maximum Gasteiger partial charge on any atom is 0.148 e. The summed E-state index contributed by atoms with van der Waals surface area (Å²) in [6, 6.07) is 0. The van der Waals surface area contributed by atoms with Crippen LogP contribution in [0.3, 0.4) is 0 Å². The van der Waals surface area contributed by atoms with Crippen LogP contribution in [0, 0.1) is 11.8 Å². The second-order valence-corrected chi connectivity index (χ2v) is 11.3. The van der Waals surface area contributed by atoms with Crippen molar-refractivity contribution in [1.82, 2.24) is 40.9 Å². The summed E-state index contributed by atoms with van der Waals surface area (Å²) >= 11 is 3.01. The minimum absolute atomic E-state index is 0.145. The van der Waals surface area contributed by atoms with E-state index in [0.717, 1.165) is 25.7 Å². The van der Waals surface area contributed by atoms with Gasteiger partial charge in [0.1, 0.15) is 11.6 Å². The van der Waals surface area contributed by atoms with Gasteiger partial charge in [-0.25, -0.2) is 22.8 Å². The molecule has 2 rings (SSSR count). The molecule has 16 nitrogen and oxygen atoms in total. The smallest absolute Gasteiger partial charge is 0.148 e. The molecule has 2 aromatic heterocycles. The fourth-order valence-electron chi connectivity index (χ4n) is 4.04. The van der Waals surface area contributed by atoms with E-state index in [9.17, 15) is 9.59 Å². The number of Topliss-reactive ketones (excluding diaryl/α,β-unsaturated/α-hetero) is 2. The third-order valence-electron chi connectivity index (χ3n) is 6.05. The molecule has 0 fully saturated rings. The molecule has 0 saturated heterocycles. The molecule has 8 N–H and O–H groups in total. The Morgan fingerprint density at radius 3 is 1.55 bits per heavy atom. The fraction of sp³-hybridized carbons (Fsp3) is 0.750. The van der Waals surface area contributed by atoms with Crippen LogP contribution in [0.25, 0.3) is 0 Å². The summed E-state index contributed by atoms with van der Waals surface area (Å²) in [5, 5.41) is 33.5. The minimum Gasteiger partial charge on any atom is -0.317 e. The van der Waals surface area contributed by atoms with Crippen LogP contribution in [0.15, 0.2) is 12.4 Å². The van der Waals surface area contributed by atoms with Crippen LogP contribution >= 0.6 is 23.5 Å². The van der Waals surface area contributed by atoms with Crippen molar-refractivity contribution in [2.24, 2.45) is 23.6 Å². The second-order valence-electron chi connectivity index (χ2n) is 9.61. The van der Waals surface area contributed by atoms with Gasteiger partial charge in [0.25, 0.3) is 0 Å². The van der Waals surface area contributed by atoms with Crippen LogP contribution in [0.4, 0.5) is 0 Å². The Hall–Kier alpha value is -2.00. The van der Waals surface area contributed by atoms with Crippen molar-refractivity contribution in [3.05, 3.63) is 23.8 Å². The summed E-state index contributed by atoms with van der Waals surface area (Å²) in [4.78, 5) is 32.3. The zero-order valence-electron chi connectivity index (χ0n) is 24.4. The van der Waals surface area contributed by atoms with Gasteiger partial charge in [0.05, 0.1) is 48.9 Å². The summed E-state index contributed by atoms with van der Waals surface area (Å²) < 4.78 is 3.44. The number of hydrogen-bond acceptors (Lipinski definition) is 16. The highest BCUT2D eigenvalue weighted by molar-refractivity contribution is 7.99. The number of hydroxylamine groups is 2. The second kappa shape index (κ2) is 24.4. The Bertz CT molecular complexity index is 891. The van der Waals surface area contributed by atoms with Crippen LogP contribution in [0.1, 0.15) is 37.1 Å². The summed E-state index contributed by atoms with van der Waals surface area (Å²) in [7, 11) is 0. The number of aromatic nitrogens is 6. The zero-order valence-corrected chi connectivity index (χ0v) is 26.0. The molecular weight excluding hydrogens is 588 g/mol. The standard InChI is InChI=1S/2C12H23N5O3S/c2*1-21-9-12(18)6-11-8-17(16-15-11)7-10(2-4-14-19)3-5-20-13/h2*8,10,14,19H,2-7,9,13H2,1H3. The molecule has 2 atom stereocenters. The molecule has 0 amide bonds. The van der Waals surface area contributed by atoms with Gasteiger partial charge in [-0.2, -0.15) is 23.5 Å². The van der Waals surface area contributed by atoms with Gasteiger partial charge in [-0.05, 0) is 50.0 Å². The van der Waals surface area contributed by atoms with Crippen LogP contribution in [-0.4, -0.2) is 102 Å². The number of nitrogens with zero attached hydrogens (tertiary/aromatic N) is 6. The fourth-order valence-corrected chi connectivity index (χ4v) is 4.88. The third-order valence-corrected chi connectivity index (χ3v) is 7.27. The van der Waals surface area contributed by atoms with E-state index in [0.29, 0.717) is 75.1 Å². The predicted octanol–water partition coefficient (Wildman–Crippen LogP) is 0.0364. The maximum absolute atomic E-state index is 11.6. The van der Waals surface area contributed by atoms with E-state index in [-0.39, 0.29) is 23.4 Å². The van der Waals surface area contributed by atoms with Crippen molar-refractivity contribution in [3.8, 4) is 0 Å². The predicted molar refractivity (Wildman–Crippen MR) is 160 cm³/mol. The molecule has 0 spiro atoms. The molecule has 2 unspecified atom stereocenters. The Morgan fingerprint density at radius 2 is 1.21 bits per heavy atom. The first-order valence-electron chi connectivity index (χ1n) is 13.5. The molecule has 0 aromatic carbocycles. The van der Waals surface area contributed by atoms with E-state index in [1.54, 1.807) is 21.8 Å². The number of hydrogen-bond donors (Lipinski definition) is 6. The molecule has 18 heteroatoms. The quantitative estimate of drug-likeness (QED) is 0.0837. The first-order valence-corrected chi connectivity index (χ1v) is 16.3. The number of carbonyl (C=O) groups is 2. The molecule has 2 aromatic rings. The summed E-state index contributed by atoms with van der Waals surface area (Å²) in [5.74, 6) is 11.9.